The molecule has 0 bridgehead atoms. The van der Waals surface area contributed by atoms with Crippen LogP contribution in [0.25, 0.3) is 5.57 Å². The molecule has 7 nitrogen and oxygen atoms in total. The average molecular weight is 619 g/mol. The van der Waals surface area contributed by atoms with Crippen molar-refractivity contribution in [2.24, 2.45) is 40.4 Å². The molecule has 0 aromatic carbocycles. The Morgan fingerprint density at radius 3 is 2.60 bits per heavy atom. The third kappa shape index (κ3) is 4.00. The molecular weight excluding hydrogens is 571 g/mol. The number of carbonyl (C=O) groups excluding carboxylic acids is 2. The van der Waals surface area contributed by atoms with Crippen molar-refractivity contribution in [1.29, 1.82) is 0 Å². The summed E-state index contributed by atoms with van der Waals surface area (Å²) in [6.45, 7) is 10.6. The van der Waals surface area contributed by atoms with Gasteiger partial charge in [-0.3, -0.25) is 14.7 Å². The third-order valence-corrected chi connectivity index (χ3v) is 14.2. The van der Waals surface area contributed by atoms with Gasteiger partial charge in [0.15, 0.2) is 5.78 Å². The van der Waals surface area contributed by atoms with Crippen LogP contribution in [0.4, 0.5) is 4.39 Å². The van der Waals surface area contributed by atoms with Crippen molar-refractivity contribution in [2.75, 3.05) is 19.7 Å². The number of cyclic esters (lactones) is 1. The number of fused-ring (bicyclic) bond motifs is 4. The number of aromatic nitrogens is 1. The Bertz CT molecular complexity index is 1480. The van der Waals surface area contributed by atoms with E-state index in [4.69, 9.17) is 9.47 Å². The van der Waals surface area contributed by atoms with E-state index >= 15 is 0 Å². The summed E-state index contributed by atoms with van der Waals surface area (Å²) in [7, 11) is 0. The number of aliphatic hydroxyl groups excluding tert-OH is 1. The van der Waals surface area contributed by atoms with Crippen LogP contribution in [0.2, 0.25) is 0 Å². The van der Waals surface area contributed by atoms with Gasteiger partial charge in [-0.25, -0.2) is 9.18 Å². The molecule has 3 aliphatic heterocycles. The summed E-state index contributed by atoms with van der Waals surface area (Å²) < 4.78 is 26.8. The molecule has 3 saturated carbocycles. The van der Waals surface area contributed by atoms with Gasteiger partial charge in [-0.15, -0.1) is 0 Å². The molecule has 1 unspecified atom stereocenters. The average Bonchev–Trinajstić information content (AvgIpc) is 3.32. The Morgan fingerprint density at radius 1 is 1.13 bits per heavy atom. The van der Waals surface area contributed by atoms with Crippen LogP contribution in [0.5, 0.6) is 0 Å². The largest absolute Gasteiger partial charge is 0.458 e. The number of Topliss-reactive ketones (excluding diaryl/α,β-unsaturated/α-hetero) is 1. The standard InChI is InChI=1S/C37H47FN2O5/c1-20-15-30(44-34(43)25(20)19-41)21(2)26-8-9-27-23-17-32-37(45-32)31(40-13-5-6-14-40)16-24(29-10-7-22(38)18-39-29)33(42)36(37,4)28(23)11-12-35(26,27)3/h7,10,16,18,21,23,26-28,30-32,41H,5-6,8-9,11-15,17,19H2,1-4H3/t21-,23-,26+,27-,28-,30?,31+,32+,35+,36-,37+/m0/s1. The van der Waals surface area contributed by atoms with E-state index in [1.165, 1.54) is 12.3 Å². The Labute approximate surface area is 265 Å². The van der Waals surface area contributed by atoms with Crippen molar-refractivity contribution in [3.8, 4) is 0 Å². The van der Waals surface area contributed by atoms with Crippen LogP contribution in [-0.2, 0) is 19.1 Å². The van der Waals surface area contributed by atoms with E-state index < -0.39 is 16.8 Å². The van der Waals surface area contributed by atoms with Crippen molar-refractivity contribution < 1.29 is 28.6 Å². The highest BCUT2D eigenvalue weighted by atomic mass is 19.1. The number of ether oxygens (including phenoxy) is 2. The predicted octanol–water partition coefficient (Wildman–Crippen LogP) is 5.52. The molecule has 7 aliphatic rings. The Kier molecular flexibility index (Phi) is 6.85. The molecule has 1 spiro atoms. The number of halogens is 1. The number of hydrogen-bond acceptors (Lipinski definition) is 7. The van der Waals surface area contributed by atoms with E-state index in [0.717, 1.165) is 63.6 Å². The van der Waals surface area contributed by atoms with Gasteiger partial charge in [0, 0.05) is 12.0 Å². The minimum atomic E-state index is -0.680. The molecule has 11 atom stereocenters. The van der Waals surface area contributed by atoms with Crippen molar-refractivity contribution >= 4 is 17.3 Å². The van der Waals surface area contributed by atoms with Crippen molar-refractivity contribution in [3.63, 3.8) is 0 Å². The highest BCUT2D eigenvalue weighted by Crippen LogP contribution is 2.74. The third-order valence-electron chi connectivity index (χ3n) is 14.2. The Balaban J connectivity index is 1.12. The Morgan fingerprint density at radius 2 is 1.91 bits per heavy atom. The zero-order valence-electron chi connectivity index (χ0n) is 27.1. The van der Waals surface area contributed by atoms with E-state index in [-0.39, 0.29) is 53.9 Å². The fraction of sp³-hybridized carbons (Fsp3) is 0.703. The van der Waals surface area contributed by atoms with Gasteiger partial charge in [-0.2, -0.15) is 0 Å². The van der Waals surface area contributed by atoms with Gasteiger partial charge in [0.2, 0.25) is 0 Å². The highest BCUT2D eigenvalue weighted by Gasteiger charge is 2.81. The molecule has 1 aromatic heterocycles. The molecule has 1 aromatic rings. The van der Waals surface area contributed by atoms with Crippen molar-refractivity contribution in [2.45, 2.75) is 103 Å². The van der Waals surface area contributed by atoms with Gasteiger partial charge in [0.25, 0.3) is 0 Å². The van der Waals surface area contributed by atoms with Crippen molar-refractivity contribution in [1.82, 2.24) is 9.88 Å². The summed E-state index contributed by atoms with van der Waals surface area (Å²) in [6, 6.07) is 3.08. The fourth-order valence-electron chi connectivity index (χ4n) is 11.9. The quantitative estimate of drug-likeness (QED) is 0.343. The van der Waals surface area contributed by atoms with E-state index in [0.29, 0.717) is 41.0 Å². The van der Waals surface area contributed by atoms with Crippen LogP contribution in [0, 0.1) is 46.2 Å². The van der Waals surface area contributed by atoms with Gasteiger partial charge in [-0.1, -0.05) is 25.5 Å². The van der Waals surface area contributed by atoms with Crippen LogP contribution in [0.3, 0.4) is 0 Å². The molecule has 4 aliphatic carbocycles. The number of aliphatic hydroxyl groups is 1. The molecule has 45 heavy (non-hydrogen) atoms. The maximum Gasteiger partial charge on any atom is 0.336 e. The molecule has 0 radical (unpaired) electrons. The van der Waals surface area contributed by atoms with Crippen LogP contribution < -0.4 is 0 Å². The van der Waals surface area contributed by atoms with Crippen LogP contribution >= 0.6 is 0 Å². The number of hydrogen-bond donors (Lipinski definition) is 1. The molecule has 8 heteroatoms. The smallest absolute Gasteiger partial charge is 0.336 e. The summed E-state index contributed by atoms with van der Waals surface area (Å²) in [5.74, 6) is 1.04. The number of likely N-dealkylation sites (tertiary alicyclic amines) is 1. The fourth-order valence-corrected chi connectivity index (χ4v) is 11.9. The number of epoxide rings is 1. The van der Waals surface area contributed by atoms with Crippen LogP contribution in [0.1, 0.15) is 84.8 Å². The molecule has 4 heterocycles. The van der Waals surface area contributed by atoms with Gasteiger partial charge in [0.1, 0.15) is 17.5 Å². The molecule has 2 saturated heterocycles. The number of carbonyl (C=O) groups is 2. The van der Waals surface area contributed by atoms with Gasteiger partial charge < -0.3 is 14.6 Å². The normalized spacial score (nSPS) is 44.8. The predicted molar refractivity (Wildman–Crippen MR) is 166 cm³/mol. The van der Waals surface area contributed by atoms with E-state index in [1.54, 1.807) is 6.07 Å². The van der Waals surface area contributed by atoms with E-state index in [9.17, 15) is 19.1 Å². The van der Waals surface area contributed by atoms with E-state index in [2.05, 4.69) is 36.7 Å². The molecule has 0 amide bonds. The maximum atomic E-state index is 14.9. The summed E-state index contributed by atoms with van der Waals surface area (Å²) >= 11 is 0. The second-order valence-corrected chi connectivity index (χ2v) is 15.8. The Hall–Kier alpha value is -2.42. The topological polar surface area (TPSA) is 92.3 Å². The monoisotopic (exact) mass is 618 g/mol. The first-order valence-corrected chi connectivity index (χ1v) is 17.4. The lowest BCUT2D eigenvalue weighted by atomic mass is 9.43. The first-order chi connectivity index (χ1) is 21.5. The number of pyridine rings is 1. The van der Waals surface area contributed by atoms with Gasteiger partial charge in [-0.05, 0) is 119 Å². The lowest BCUT2D eigenvalue weighted by Crippen LogP contribution is -2.66. The van der Waals surface area contributed by atoms with Crippen molar-refractivity contribution in [3.05, 3.63) is 47.1 Å². The molecule has 8 rings (SSSR count). The first-order valence-electron chi connectivity index (χ1n) is 17.4. The zero-order valence-corrected chi connectivity index (χ0v) is 27.1. The number of rotatable bonds is 5. The summed E-state index contributed by atoms with van der Waals surface area (Å²) in [6.07, 6.45) is 11.4. The minimum absolute atomic E-state index is 0.0151. The number of esters is 1. The van der Waals surface area contributed by atoms with E-state index in [1.807, 2.05) is 6.92 Å². The maximum absolute atomic E-state index is 14.9. The number of ketones is 1. The molecule has 5 fully saturated rings. The highest BCUT2D eigenvalue weighted by molar-refractivity contribution is 6.24. The summed E-state index contributed by atoms with van der Waals surface area (Å²) in [5.41, 5.74) is 1.45. The van der Waals surface area contributed by atoms with Gasteiger partial charge >= 0.3 is 5.97 Å². The second-order valence-electron chi connectivity index (χ2n) is 15.8. The summed E-state index contributed by atoms with van der Waals surface area (Å²) in [4.78, 5) is 34.5. The zero-order chi connectivity index (χ0) is 31.5. The SMILES string of the molecule is CC1=C(CO)C(=O)OC([C@@H](C)[C@H]2CC[C@H]3[C@@H]4C[C@H]5O[C@]56[C@H](N5CCCC5)C=C(c5ccc(F)cn5)C(=O)[C@]6(C)[C@H]4CC[C@]23C)C1. The molecular formula is C37H47FN2O5. The molecule has 1 N–H and O–H groups in total. The van der Waals surface area contributed by atoms with Gasteiger partial charge in [0.05, 0.1) is 41.6 Å². The lowest BCUT2D eigenvalue weighted by molar-refractivity contribution is -0.154. The minimum Gasteiger partial charge on any atom is -0.458 e. The lowest BCUT2D eigenvalue weighted by Gasteiger charge is -2.59. The second kappa shape index (κ2) is 10.3. The number of allylic oxidation sites excluding steroid dienone is 1. The van der Waals surface area contributed by atoms with Crippen LogP contribution in [0.15, 0.2) is 35.6 Å². The summed E-state index contributed by atoms with van der Waals surface area (Å²) in [5, 5.41) is 9.67. The molecule has 242 valence electrons. The first kappa shape index (κ1) is 29.9. The van der Waals surface area contributed by atoms with Crippen LogP contribution in [-0.4, -0.2) is 70.3 Å². The number of nitrogens with zero attached hydrogens (tertiary/aromatic N) is 2.